The molecule has 1 atom stereocenters. The van der Waals surface area contributed by atoms with Gasteiger partial charge in [0.1, 0.15) is 17.1 Å². The first-order valence-electron chi connectivity index (χ1n) is 7.46. The van der Waals surface area contributed by atoms with Gasteiger partial charge in [0.15, 0.2) is 0 Å². The Balaban J connectivity index is 1.80. The van der Waals surface area contributed by atoms with E-state index in [1.807, 2.05) is 0 Å². The van der Waals surface area contributed by atoms with Gasteiger partial charge < -0.3 is 14.3 Å². The van der Waals surface area contributed by atoms with Crippen molar-refractivity contribution in [1.82, 2.24) is 4.72 Å². The molecular formula is C16H18ClNO5S. The Kier molecular flexibility index (Phi) is 4.61. The maximum atomic E-state index is 12.5. The summed E-state index contributed by atoms with van der Waals surface area (Å²) in [6.07, 6.45) is 3.11. The molecule has 6 nitrogen and oxygen atoms in total. The van der Waals surface area contributed by atoms with Crippen LogP contribution in [-0.2, 0) is 15.6 Å². The van der Waals surface area contributed by atoms with Gasteiger partial charge >= 0.3 is 0 Å². The molecule has 1 saturated carbocycles. The fraction of sp³-hybridized carbons (Fsp3) is 0.375. The van der Waals surface area contributed by atoms with Gasteiger partial charge in [-0.3, -0.25) is 0 Å². The van der Waals surface area contributed by atoms with Crippen LogP contribution in [0.1, 0.15) is 18.6 Å². The Morgan fingerprint density at radius 3 is 2.71 bits per heavy atom. The van der Waals surface area contributed by atoms with Crippen LogP contribution in [0.2, 0.25) is 5.02 Å². The van der Waals surface area contributed by atoms with E-state index in [4.69, 9.17) is 20.8 Å². The fourth-order valence-corrected chi connectivity index (χ4v) is 4.04. The molecule has 0 radical (unpaired) electrons. The van der Waals surface area contributed by atoms with E-state index < -0.39 is 15.6 Å². The molecule has 8 heteroatoms. The van der Waals surface area contributed by atoms with Crippen molar-refractivity contribution >= 4 is 21.6 Å². The SMILES string of the molecule is COc1ccc(S(=O)(=O)NCC(O)(c2ccco2)C2CC2)cc1Cl. The van der Waals surface area contributed by atoms with Crippen LogP contribution in [0.15, 0.2) is 45.9 Å². The van der Waals surface area contributed by atoms with Gasteiger partial charge in [-0.15, -0.1) is 0 Å². The van der Waals surface area contributed by atoms with Gasteiger partial charge in [-0.2, -0.15) is 0 Å². The van der Waals surface area contributed by atoms with Crippen LogP contribution in [0.5, 0.6) is 5.75 Å². The predicted octanol–water partition coefficient (Wildman–Crippen LogP) is 2.52. The van der Waals surface area contributed by atoms with Crippen molar-refractivity contribution in [2.75, 3.05) is 13.7 Å². The molecule has 3 rings (SSSR count). The lowest BCUT2D eigenvalue weighted by Crippen LogP contribution is -2.42. The van der Waals surface area contributed by atoms with Gasteiger partial charge in [0.2, 0.25) is 10.0 Å². The second kappa shape index (κ2) is 6.40. The van der Waals surface area contributed by atoms with Crippen LogP contribution in [-0.4, -0.2) is 27.2 Å². The third-order valence-corrected chi connectivity index (χ3v) is 5.86. The van der Waals surface area contributed by atoms with Crippen molar-refractivity contribution in [1.29, 1.82) is 0 Å². The van der Waals surface area contributed by atoms with Crippen molar-refractivity contribution < 1.29 is 22.7 Å². The number of hydrogen-bond acceptors (Lipinski definition) is 5. The average Bonchev–Trinajstić information content (AvgIpc) is 3.27. The second-order valence-electron chi connectivity index (χ2n) is 5.80. The monoisotopic (exact) mass is 371 g/mol. The summed E-state index contributed by atoms with van der Waals surface area (Å²) in [6.45, 7) is -0.169. The minimum Gasteiger partial charge on any atom is -0.495 e. The number of nitrogens with one attached hydrogen (secondary N) is 1. The highest BCUT2D eigenvalue weighted by molar-refractivity contribution is 7.89. The normalized spacial score (nSPS) is 17.5. The Morgan fingerprint density at radius 1 is 1.42 bits per heavy atom. The van der Waals surface area contributed by atoms with Gasteiger partial charge in [-0.25, -0.2) is 13.1 Å². The summed E-state index contributed by atoms with van der Waals surface area (Å²) < 4.78 is 37.7. The Morgan fingerprint density at radius 2 is 2.17 bits per heavy atom. The Labute approximate surface area is 145 Å². The number of ether oxygens (including phenoxy) is 1. The van der Waals surface area contributed by atoms with Crippen LogP contribution in [0.25, 0.3) is 0 Å². The van der Waals surface area contributed by atoms with Crippen molar-refractivity contribution in [3.63, 3.8) is 0 Å². The molecule has 24 heavy (non-hydrogen) atoms. The molecule has 2 aromatic rings. The summed E-state index contributed by atoms with van der Waals surface area (Å²) in [7, 11) is -2.38. The third-order valence-electron chi connectivity index (χ3n) is 4.17. The number of aliphatic hydroxyl groups is 1. The lowest BCUT2D eigenvalue weighted by atomic mass is 9.95. The van der Waals surface area contributed by atoms with Crippen molar-refractivity contribution in [2.45, 2.75) is 23.3 Å². The molecule has 2 N–H and O–H groups in total. The van der Waals surface area contributed by atoms with Gasteiger partial charge in [-0.05, 0) is 49.1 Å². The highest BCUT2D eigenvalue weighted by atomic mass is 35.5. The van der Waals surface area contributed by atoms with E-state index in [-0.39, 0.29) is 22.4 Å². The van der Waals surface area contributed by atoms with Gasteiger partial charge in [-0.1, -0.05) is 11.6 Å². The van der Waals surface area contributed by atoms with Gasteiger partial charge in [0.25, 0.3) is 0 Å². The van der Waals surface area contributed by atoms with Crippen LogP contribution in [0.3, 0.4) is 0 Å². The minimum atomic E-state index is -3.83. The first-order valence-corrected chi connectivity index (χ1v) is 9.32. The topological polar surface area (TPSA) is 88.8 Å². The van der Waals surface area contributed by atoms with E-state index in [9.17, 15) is 13.5 Å². The summed E-state index contributed by atoms with van der Waals surface area (Å²) in [5, 5.41) is 11.1. The molecular weight excluding hydrogens is 354 g/mol. The zero-order chi connectivity index (χ0) is 17.4. The Hall–Kier alpha value is -1.54. The smallest absolute Gasteiger partial charge is 0.240 e. The summed E-state index contributed by atoms with van der Waals surface area (Å²) in [6, 6.07) is 7.51. The molecule has 1 heterocycles. The van der Waals surface area contributed by atoms with E-state index in [0.29, 0.717) is 11.5 Å². The zero-order valence-corrected chi connectivity index (χ0v) is 14.6. The van der Waals surface area contributed by atoms with Crippen molar-refractivity contribution in [2.24, 2.45) is 5.92 Å². The van der Waals surface area contributed by atoms with E-state index in [2.05, 4.69) is 4.72 Å². The standard InChI is InChI=1S/C16H18ClNO5S/c1-22-14-7-6-12(9-13(14)17)24(20,21)18-10-16(19,11-4-5-11)15-3-2-8-23-15/h2-3,6-9,11,18-19H,4-5,10H2,1H3. The van der Waals surface area contributed by atoms with Crippen LogP contribution in [0, 0.1) is 5.92 Å². The quantitative estimate of drug-likeness (QED) is 0.780. The van der Waals surface area contributed by atoms with Crippen LogP contribution in [0.4, 0.5) is 0 Å². The molecule has 1 aromatic heterocycles. The number of benzene rings is 1. The second-order valence-corrected chi connectivity index (χ2v) is 7.97. The summed E-state index contributed by atoms with van der Waals surface area (Å²) in [5.41, 5.74) is -1.35. The predicted molar refractivity (Wildman–Crippen MR) is 88.5 cm³/mol. The number of methoxy groups -OCH3 is 1. The molecule has 0 aliphatic heterocycles. The highest BCUT2D eigenvalue weighted by Gasteiger charge is 2.47. The van der Waals surface area contributed by atoms with Crippen molar-refractivity contribution in [3.05, 3.63) is 47.4 Å². The largest absolute Gasteiger partial charge is 0.495 e. The Bertz CT molecular complexity index is 817. The van der Waals surface area contributed by atoms with Gasteiger partial charge in [0.05, 0.1) is 23.3 Å². The maximum Gasteiger partial charge on any atom is 0.240 e. The molecule has 0 spiro atoms. The lowest BCUT2D eigenvalue weighted by Gasteiger charge is -2.26. The number of halogens is 1. The molecule has 1 unspecified atom stereocenters. The number of rotatable bonds is 7. The van der Waals surface area contributed by atoms with Crippen LogP contribution >= 0.6 is 11.6 Å². The molecule has 1 fully saturated rings. The zero-order valence-electron chi connectivity index (χ0n) is 13.0. The molecule has 0 amide bonds. The van der Waals surface area contributed by atoms with E-state index in [1.165, 1.54) is 31.6 Å². The summed E-state index contributed by atoms with van der Waals surface area (Å²) in [4.78, 5) is 0.00546. The molecule has 1 aliphatic carbocycles. The molecule has 0 saturated heterocycles. The van der Waals surface area contributed by atoms with Crippen LogP contribution < -0.4 is 9.46 Å². The fourth-order valence-electron chi connectivity index (χ4n) is 2.62. The summed E-state index contributed by atoms with van der Waals surface area (Å²) >= 11 is 5.99. The molecule has 0 bridgehead atoms. The van der Waals surface area contributed by atoms with Gasteiger partial charge in [0, 0.05) is 6.54 Å². The lowest BCUT2D eigenvalue weighted by molar-refractivity contribution is -0.00224. The average molecular weight is 372 g/mol. The van der Waals surface area contributed by atoms with Crippen molar-refractivity contribution in [3.8, 4) is 5.75 Å². The third kappa shape index (κ3) is 3.30. The number of sulfonamides is 1. The highest BCUT2D eigenvalue weighted by Crippen LogP contribution is 2.45. The van der Waals surface area contributed by atoms with E-state index >= 15 is 0 Å². The van der Waals surface area contributed by atoms with E-state index in [0.717, 1.165) is 12.8 Å². The minimum absolute atomic E-state index is 0.00546. The van der Waals surface area contributed by atoms with E-state index in [1.54, 1.807) is 12.1 Å². The first-order chi connectivity index (χ1) is 11.4. The molecule has 1 aromatic carbocycles. The maximum absolute atomic E-state index is 12.5. The number of furan rings is 1. The first kappa shape index (κ1) is 17.3. The molecule has 1 aliphatic rings. The number of hydrogen-bond donors (Lipinski definition) is 2. The summed E-state index contributed by atoms with van der Waals surface area (Å²) in [5.74, 6) is 0.729. The molecule has 130 valence electrons.